The lowest BCUT2D eigenvalue weighted by Gasteiger charge is -2.31. The van der Waals surface area contributed by atoms with Gasteiger partial charge in [-0.3, -0.25) is 9.59 Å². The number of ketones is 1. The summed E-state index contributed by atoms with van der Waals surface area (Å²) < 4.78 is 66.1. The zero-order valence-corrected chi connectivity index (χ0v) is 17.6. The Labute approximate surface area is 183 Å². The highest BCUT2D eigenvalue weighted by Gasteiger charge is 2.34. The molecule has 3 aromatic rings. The fourth-order valence-corrected chi connectivity index (χ4v) is 5.00. The molecule has 4 nitrogen and oxygen atoms in total. The molecular formula is C22H17F5N2O2S. The quantitative estimate of drug-likeness (QED) is 0.370. The van der Waals surface area contributed by atoms with Gasteiger partial charge in [0.1, 0.15) is 22.2 Å². The first-order valence-corrected chi connectivity index (χ1v) is 10.6. The summed E-state index contributed by atoms with van der Waals surface area (Å²) in [5.74, 6) is -2.89. The van der Waals surface area contributed by atoms with Gasteiger partial charge in [-0.2, -0.15) is 13.2 Å². The number of aromatic nitrogens is 1. The monoisotopic (exact) mass is 468 g/mol. The Balaban J connectivity index is 1.50. The smallest absolute Gasteiger partial charge is 0.338 e. The minimum absolute atomic E-state index is 0.132. The molecule has 1 amide bonds. The number of hydrogen-bond acceptors (Lipinski definition) is 4. The van der Waals surface area contributed by atoms with Crippen LogP contribution in [0.5, 0.6) is 0 Å². The summed E-state index contributed by atoms with van der Waals surface area (Å²) in [6.07, 6.45) is -4.02. The maximum atomic E-state index is 13.9. The molecule has 1 aliphatic rings. The molecule has 168 valence electrons. The van der Waals surface area contributed by atoms with Crippen LogP contribution >= 0.6 is 11.3 Å². The van der Waals surface area contributed by atoms with Crippen LogP contribution in [0, 0.1) is 24.5 Å². The molecule has 0 unspecified atom stereocenters. The summed E-state index contributed by atoms with van der Waals surface area (Å²) in [6, 6.07) is 4.92. The van der Waals surface area contributed by atoms with Crippen molar-refractivity contribution in [2.24, 2.45) is 5.92 Å². The molecule has 1 fully saturated rings. The van der Waals surface area contributed by atoms with Crippen molar-refractivity contribution in [2.75, 3.05) is 13.1 Å². The highest BCUT2D eigenvalue weighted by Crippen LogP contribution is 2.35. The number of alkyl halides is 3. The van der Waals surface area contributed by atoms with Gasteiger partial charge in [-0.1, -0.05) is 0 Å². The number of aryl methyl sites for hydroxylation is 1. The fourth-order valence-electron chi connectivity index (χ4n) is 3.86. The number of carbonyl (C=O) groups is 2. The van der Waals surface area contributed by atoms with E-state index in [4.69, 9.17) is 0 Å². The van der Waals surface area contributed by atoms with Crippen LogP contribution in [-0.2, 0) is 6.18 Å². The molecule has 0 radical (unpaired) electrons. The molecule has 1 aliphatic heterocycles. The van der Waals surface area contributed by atoms with Crippen molar-refractivity contribution in [2.45, 2.75) is 25.9 Å². The van der Waals surface area contributed by atoms with Gasteiger partial charge < -0.3 is 4.90 Å². The maximum Gasteiger partial charge on any atom is 0.433 e. The Bertz CT molecular complexity index is 1210. The topological polar surface area (TPSA) is 50.3 Å². The van der Waals surface area contributed by atoms with Crippen molar-refractivity contribution in [3.63, 3.8) is 0 Å². The van der Waals surface area contributed by atoms with E-state index in [1.54, 1.807) is 6.92 Å². The molecule has 4 rings (SSSR count). The van der Waals surface area contributed by atoms with Crippen LogP contribution in [0.1, 0.15) is 44.1 Å². The van der Waals surface area contributed by atoms with Gasteiger partial charge in [0.2, 0.25) is 0 Å². The van der Waals surface area contributed by atoms with E-state index in [2.05, 4.69) is 4.98 Å². The molecule has 2 aromatic heterocycles. The third-order valence-corrected chi connectivity index (χ3v) is 6.82. The molecule has 1 aromatic carbocycles. The number of amides is 1. The second-order valence-corrected chi connectivity index (χ2v) is 8.66. The zero-order valence-electron chi connectivity index (χ0n) is 16.8. The molecule has 1 saturated heterocycles. The molecule has 0 atom stereocenters. The van der Waals surface area contributed by atoms with Gasteiger partial charge in [0.05, 0.1) is 10.4 Å². The molecule has 0 spiro atoms. The Kier molecular flexibility index (Phi) is 5.74. The molecule has 10 heteroatoms. The third-order valence-electron chi connectivity index (χ3n) is 5.64. The van der Waals surface area contributed by atoms with Gasteiger partial charge in [-0.25, -0.2) is 13.8 Å². The first kappa shape index (κ1) is 22.3. The van der Waals surface area contributed by atoms with E-state index >= 15 is 0 Å². The van der Waals surface area contributed by atoms with E-state index in [0.29, 0.717) is 15.8 Å². The number of thiophene rings is 1. The maximum absolute atomic E-state index is 13.9. The number of pyridine rings is 1. The Morgan fingerprint density at radius 1 is 1.09 bits per heavy atom. The van der Waals surface area contributed by atoms with Crippen LogP contribution in [0.4, 0.5) is 22.0 Å². The molecular weight excluding hydrogens is 451 g/mol. The summed E-state index contributed by atoms with van der Waals surface area (Å²) in [6.45, 7) is 2.10. The van der Waals surface area contributed by atoms with Crippen LogP contribution < -0.4 is 0 Å². The Hall–Kier alpha value is -2.88. The average molecular weight is 468 g/mol. The van der Waals surface area contributed by atoms with Crippen LogP contribution in [0.3, 0.4) is 0 Å². The summed E-state index contributed by atoms with van der Waals surface area (Å²) in [5, 5.41) is 0.484. The summed E-state index contributed by atoms with van der Waals surface area (Å²) in [7, 11) is 0. The van der Waals surface area contributed by atoms with Crippen molar-refractivity contribution in [1.29, 1.82) is 0 Å². The predicted molar refractivity (Wildman–Crippen MR) is 109 cm³/mol. The van der Waals surface area contributed by atoms with E-state index in [1.807, 2.05) is 0 Å². The minimum atomic E-state index is -4.58. The van der Waals surface area contributed by atoms with E-state index in [1.165, 1.54) is 11.0 Å². The van der Waals surface area contributed by atoms with Gasteiger partial charge in [-0.05, 0) is 55.7 Å². The van der Waals surface area contributed by atoms with Crippen molar-refractivity contribution in [3.8, 4) is 0 Å². The lowest BCUT2D eigenvalue weighted by atomic mass is 9.88. The number of likely N-dealkylation sites (tertiary alicyclic amines) is 1. The highest BCUT2D eigenvalue weighted by atomic mass is 32.1. The number of rotatable bonds is 3. The number of nitrogens with zero attached hydrogens (tertiary/aromatic N) is 2. The lowest BCUT2D eigenvalue weighted by Crippen LogP contribution is -2.40. The number of fused-ring (bicyclic) bond motifs is 1. The minimum Gasteiger partial charge on any atom is -0.338 e. The van der Waals surface area contributed by atoms with Crippen molar-refractivity contribution in [3.05, 3.63) is 63.7 Å². The molecule has 0 N–H and O–H groups in total. The number of carbonyl (C=O) groups excluding carboxylic acids is 2. The van der Waals surface area contributed by atoms with Crippen LogP contribution in [-0.4, -0.2) is 34.7 Å². The molecule has 3 heterocycles. The van der Waals surface area contributed by atoms with Gasteiger partial charge in [0.15, 0.2) is 5.78 Å². The summed E-state index contributed by atoms with van der Waals surface area (Å²) in [5.41, 5.74) is -0.771. The van der Waals surface area contributed by atoms with Crippen molar-refractivity contribution in [1.82, 2.24) is 9.88 Å². The summed E-state index contributed by atoms with van der Waals surface area (Å²) >= 11 is 0.903. The number of Topliss-reactive ketones (excluding diaryl/α,β-unsaturated/α-hetero) is 1. The SMILES string of the molecule is Cc1c(C(=O)N2CCC(C(=O)c3cc(F)ccc3F)CC2)sc2nc(C(F)(F)F)ccc12. The summed E-state index contributed by atoms with van der Waals surface area (Å²) in [4.78, 5) is 31.2. The number of hydrogen-bond donors (Lipinski definition) is 0. The van der Waals surface area contributed by atoms with Gasteiger partial charge in [0, 0.05) is 24.4 Å². The van der Waals surface area contributed by atoms with Crippen LogP contribution in [0.2, 0.25) is 0 Å². The second kappa shape index (κ2) is 8.23. The van der Waals surface area contributed by atoms with Crippen molar-refractivity contribution >= 4 is 33.2 Å². The first-order valence-electron chi connectivity index (χ1n) is 9.82. The van der Waals surface area contributed by atoms with E-state index in [9.17, 15) is 31.5 Å². The average Bonchev–Trinajstić information content (AvgIpc) is 3.10. The highest BCUT2D eigenvalue weighted by molar-refractivity contribution is 7.20. The van der Waals surface area contributed by atoms with Gasteiger partial charge in [-0.15, -0.1) is 11.3 Å². The van der Waals surface area contributed by atoms with Crippen LogP contribution in [0.25, 0.3) is 10.2 Å². The number of benzene rings is 1. The zero-order chi connectivity index (χ0) is 23.2. The Morgan fingerprint density at radius 3 is 2.44 bits per heavy atom. The lowest BCUT2D eigenvalue weighted by molar-refractivity contribution is -0.140. The fraction of sp³-hybridized carbons (Fsp3) is 0.318. The second-order valence-electron chi connectivity index (χ2n) is 7.66. The first-order chi connectivity index (χ1) is 15.1. The van der Waals surface area contributed by atoms with E-state index in [0.717, 1.165) is 35.6 Å². The molecule has 0 aliphatic carbocycles. The number of piperidine rings is 1. The van der Waals surface area contributed by atoms with Gasteiger partial charge in [0.25, 0.3) is 5.91 Å². The standard InChI is InChI=1S/C22H17F5N2O2S/c1-11-14-3-5-17(22(25,26)27)28-20(14)32-19(11)21(31)29-8-6-12(7-9-29)18(30)15-10-13(23)2-4-16(15)24/h2-5,10,12H,6-9H2,1H3. The van der Waals surface area contributed by atoms with E-state index in [-0.39, 0.29) is 42.2 Å². The molecule has 0 saturated carbocycles. The van der Waals surface area contributed by atoms with Crippen LogP contribution in [0.15, 0.2) is 30.3 Å². The van der Waals surface area contributed by atoms with E-state index < -0.39 is 35.2 Å². The normalized spacial score (nSPS) is 15.4. The number of halogens is 5. The largest absolute Gasteiger partial charge is 0.433 e. The predicted octanol–water partition coefficient (Wildman–Crippen LogP) is 5.64. The third kappa shape index (κ3) is 4.11. The molecule has 0 bridgehead atoms. The van der Waals surface area contributed by atoms with Gasteiger partial charge >= 0.3 is 6.18 Å². The van der Waals surface area contributed by atoms with Crippen molar-refractivity contribution < 1.29 is 31.5 Å². The Morgan fingerprint density at radius 2 is 1.78 bits per heavy atom. The molecule has 32 heavy (non-hydrogen) atoms.